The van der Waals surface area contributed by atoms with Crippen LogP contribution in [0.3, 0.4) is 0 Å². The molecule has 0 aliphatic rings. The van der Waals surface area contributed by atoms with Gasteiger partial charge in [0, 0.05) is 0 Å². The van der Waals surface area contributed by atoms with Gasteiger partial charge in [0.05, 0.1) is 24.9 Å². The Kier molecular flexibility index (Phi) is 6.82. The van der Waals surface area contributed by atoms with E-state index in [-0.39, 0.29) is 17.8 Å². The topological polar surface area (TPSA) is 81.9 Å². The second-order valence-corrected chi connectivity index (χ2v) is 7.82. The number of rotatable bonds is 8. The molecule has 9 heteroatoms. The van der Waals surface area contributed by atoms with Crippen molar-refractivity contribution in [2.24, 2.45) is 0 Å². The Morgan fingerprint density at radius 1 is 1.17 bits per heavy atom. The standard InChI is InChI=1S/C20H22FN5O2S/c1-13(16-6-8-17(21)9-7-16)22-19(27)14(2)29-20-23-24-25-26(20)12-15-4-10-18(28-3)11-5-15/h4-11,13-14H,12H2,1-3H3,(H,22,27). The minimum Gasteiger partial charge on any atom is -0.497 e. The van der Waals surface area contributed by atoms with E-state index in [1.54, 1.807) is 30.8 Å². The van der Waals surface area contributed by atoms with Gasteiger partial charge in [-0.25, -0.2) is 9.07 Å². The van der Waals surface area contributed by atoms with Crippen molar-refractivity contribution in [1.82, 2.24) is 25.5 Å². The van der Waals surface area contributed by atoms with Crippen molar-refractivity contribution in [2.45, 2.75) is 36.8 Å². The van der Waals surface area contributed by atoms with Crippen molar-refractivity contribution >= 4 is 17.7 Å². The second kappa shape index (κ2) is 9.51. The minimum absolute atomic E-state index is 0.147. The lowest BCUT2D eigenvalue weighted by molar-refractivity contribution is -0.120. The molecule has 0 fully saturated rings. The van der Waals surface area contributed by atoms with E-state index in [1.807, 2.05) is 31.2 Å². The first kappa shape index (κ1) is 20.8. The molecule has 1 N–H and O–H groups in total. The van der Waals surface area contributed by atoms with Crippen LogP contribution in [0.4, 0.5) is 4.39 Å². The molecular weight excluding hydrogens is 393 g/mol. The van der Waals surface area contributed by atoms with Gasteiger partial charge in [-0.05, 0) is 59.7 Å². The first-order valence-corrected chi connectivity index (χ1v) is 9.96. The molecule has 1 aromatic heterocycles. The van der Waals surface area contributed by atoms with Crippen LogP contribution in [0.5, 0.6) is 5.75 Å². The molecule has 0 saturated heterocycles. The zero-order chi connectivity index (χ0) is 20.8. The van der Waals surface area contributed by atoms with Crippen molar-refractivity contribution in [2.75, 3.05) is 7.11 Å². The molecule has 1 heterocycles. The van der Waals surface area contributed by atoms with Gasteiger partial charge >= 0.3 is 0 Å². The number of carbonyl (C=O) groups is 1. The van der Waals surface area contributed by atoms with E-state index in [4.69, 9.17) is 4.74 Å². The molecule has 0 aliphatic heterocycles. The van der Waals surface area contributed by atoms with E-state index >= 15 is 0 Å². The SMILES string of the molecule is COc1ccc(Cn2nnnc2SC(C)C(=O)NC(C)c2ccc(F)cc2)cc1. The summed E-state index contributed by atoms with van der Waals surface area (Å²) in [5, 5.41) is 14.9. The Morgan fingerprint density at radius 3 is 2.52 bits per heavy atom. The van der Waals surface area contributed by atoms with Gasteiger partial charge in [0.2, 0.25) is 11.1 Å². The van der Waals surface area contributed by atoms with E-state index < -0.39 is 5.25 Å². The fraction of sp³-hybridized carbons (Fsp3) is 0.300. The molecule has 2 atom stereocenters. The number of ether oxygens (including phenoxy) is 1. The molecule has 2 unspecified atom stereocenters. The first-order chi connectivity index (χ1) is 14.0. The van der Waals surface area contributed by atoms with Crippen molar-refractivity contribution in [1.29, 1.82) is 0 Å². The summed E-state index contributed by atoms with van der Waals surface area (Å²) in [5.41, 5.74) is 1.85. The Labute approximate surface area is 172 Å². The quantitative estimate of drug-likeness (QED) is 0.569. The minimum atomic E-state index is -0.404. The summed E-state index contributed by atoms with van der Waals surface area (Å²) in [6, 6.07) is 13.5. The predicted octanol–water partition coefficient (Wildman–Crippen LogP) is 3.23. The van der Waals surface area contributed by atoms with Crippen molar-refractivity contribution < 1.29 is 13.9 Å². The number of halogens is 1. The molecular formula is C20H22FN5O2S. The summed E-state index contributed by atoms with van der Waals surface area (Å²) < 4.78 is 19.9. The number of thioether (sulfide) groups is 1. The van der Waals surface area contributed by atoms with Crippen LogP contribution in [-0.4, -0.2) is 38.5 Å². The highest BCUT2D eigenvalue weighted by atomic mass is 32.2. The molecule has 152 valence electrons. The van der Waals surface area contributed by atoms with Gasteiger partial charge in [0.15, 0.2) is 0 Å². The van der Waals surface area contributed by atoms with E-state index in [0.717, 1.165) is 16.9 Å². The Bertz CT molecular complexity index is 946. The fourth-order valence-electron chi connectivity index (χ4n) is 2.66. The van der Waals surface area contributed by atoms with Gasteiger partial charge < -0.3 is 10.1 Å². The van der Waals surface area contributed by atoms with Crippen LogP contribution in [0.15, 0.2) is 53.7 Å². The molecule has 3 aromatic rings. The maximum atomic E-state index is 13.1. The van der Waals surface area contributed by atoms with Crippen molar-refractivity contribution in [3.63, 3.8) is 0 Å². The number of tetrazole rings is 1. The summed E-state index contributed by atoms with van der Waals surface area (Å²) in [6.45, 7) is 4.14. The number of benzene rings is 2. The molecule has 29 heavy (non-hydrogen) atoms. The highest BCUT2D eigenvalue weighted by molar-refractivity contribution is 8.00. The third-order valence-electron chi connectivity index (χ3n) is 4.37. The number of carbonyl (C=O) groups excluding carboxylic acids is 1. The molecule has 0 aliphatic carbocycles. The molecule has 0 spiro atoms. The van der Waals surface area contributed by atoms with Crippen LogP contribution in [0.1, 0.15) is 31.0 Å². The molecule has 2 aromatic carbocycles. The summed E-state index contributed by atoms with van der Waals surface area (Å²) in [6.07, 6.45) is 0. The summed E-state index contributed by atoms with van der Waals surface area (Å²) >= 11 is 1.28. The number of nitrogens with zero attached hydrogens (tertiary/aromatic N) is 4. The first-order valence-electron chi connectivity index (χ1n) is 9.08. The van der Waals surface area contributed by atoms with Gasteiger partial charge in [0.25, 0.3) is 0 Å². The van der Waals surface area contributed by atoms with Gasteiger partial charge in [-0.15, -0.1) is 5.10 Å². The number of aromatic nitrogens is 4. The van der Waals surface area contributed by atoms with Gasteiger partial charge in [-0.2, -0.15) is 0 Å². The smallest absolute Gasteiger partial charge is 0.233 e. The lowest BCUT2D eigenvalue weighted by Gasteiger charge is -2.17. The number of hydrogen-bond donors (Lipinski definition) is 1. The molecule has 7 nitrogen and oxygen atoms in total. The van der Waals surface area contributed by atoms with Crippen LogP contribution >= 0.6 is 11.8 Å². The zero-order valence-electron chi connectivity index (χ0n) is 16.4. The Balaban J connectivity index is 1.60. The fourth-order valence-corrected chi connectivity index (χ4v) is 3.46. The van der Waals surface area contributed by atoms with Gasteiger partial charge in [-0.3, -0.25) is 4.79 Å². The number of nitrogens with one attached hydrogen (secondary N) is 1. The van der Waals surface area contributed by atoms with Crippen molar-refractivity contribution in [3.8, 4) is 5.75 Å². The van der Waals surface area contributed by atoms with Crippen LogP contribution in [0.25, 0.3) is 0 Å². The normalized spacial score (nSPS) is 13.0. The zero-order valence-corrected chi connectivity index (χ0v) is 17.2. The van der Waals surface area contributed by atoms with Crippen LogP contribution < -0.4 is 10.1 Å². The Morgan fingerprint density at radius 2 is 1.86 bits per heavy atom. The lowest BCUT2D eigenvalue weighted by Crippen LogP contribution is -2.33. The number of hydrogen-bond acceptors (Lipinski definition) is 6. The van der Waals surface area contributed by atoms with E-state index in [9.17, 15) is 9.18 Å². The van der Waals surface area contributed by atoms with Crippen LogP contribution in [0, 0.1) is 5.82 Å². The van der Waals surface area contributed by atoms with Crippen molar-refractivity contribution in [3.05, 3.63) is 65.5 Å². The highest BCUT2D eigenvalue weighted by Gasteiger charge is 2.20. The van der Waals surface area contributed by atoms with E-state index in [0.29, 0.717) is 11.7 Å². The summed E-state index contributed by atoms with van der Waals surface area (Å²) in [5.74, 6) is 0.325. The highest BCUT2D eigenvalue weighted by Crippen LogP contribution is 2.23. The van der Waals surface area contributed by atoms with Gasteiger partial charge in [0.1, 0.15) is 11.6 Å². The molecule has 3 rings (SSSR count). The molecule has 0 saturated carbocycles. The summed E-state index contributed by atoms with van der Waals surface area (Å²) in [7, 11) is 1.62. The molecule has 0 bridgehead atoms. The third-order valence-corrected chi connectivity index (χ3v) is 5.44. The summed E-state index contributed by atoms with van der Waals surface area (Å²) in [4.78, 5) is 12.6. The second-order valence-electron chi connectivity index (χ2n) is 6.51. The van der Waals surface area contributed by atoms with E-state index in [2.05, 4.69) is 20.8 Å². The third kappa shape index (κ3) is 5.54. The lowest BCUT2D eigenvalue weighted by atomic mass is 10.1. The van der Waals surface area contributed by atoms with E-state index in [1.165, 1.54) is 23.9 Å². The van der Waals surface area contributed by atoms with Gasteiger partial charge in [-0.1, -0.05) is 36.0 Å². The maximum absolute atomic E-state index is 13.1. The van der Waals surface area contributed by atoms with Crippen LogP contribution in [-0.2, 0) is 11.3 Å². The predicted molar refractivity (Wildman–Crippen MR) is 108 cm³/mol. The number of amides is 1. The molecule has 0 radical (unpaired) electrons. The maximum Gasteiger partial charge on any atom is 0.233 e. The largest absolute Gasteiger partial charge is 0.497 e. The molecule has 1 amide bonds. The number of methoxy groups -OCH3 is 1. The van der Waals surface area contributed by atoms with Crippen LogP contribution in [0.2, 0.25) is 0 Å². The average molecular weight is 415 g/mol. The monoisotopic (exact) mass is 415 g/mol. The average Bonchev–Trinajstić information content (AvgIpc) is 3.15. The Hall–Kier alpha value is -2.94.